The fraction of sp³-hybridized carbons (Fsp3) is 0.316. The molecule has 3 aromatic rings. The van der Waals surface area contributed by atoms with Gasteiger partial charge in [-0.2, -0.15) is 0 Å². The van der Waals surface area contributed by atoms with Gasteiger partial charge in [0.05, 0.1) is 4.90 Å². The first-order valence-corrected chi connectivity index (χ1v) is 10.0. The standard InChI is InChI=1S/C19H22FN3O2S/c1-14(2)12-23-13-15(18-7-4-9-21-19(18)23)8-10-22-26(24,25)17-6-3-5-16(20)11-17/h3-7,9,11,13-14,22H,8,10,12H2,1-2H3. The minimum atomic E-state index is -3.73. The lowest BCUT2D eigenvalue weighted by atomic mass is 10.2. The number of benzene rings is 1. The number of fused-ring (bicyclic) bond motifs is 1. The molecule has 0 amide bonds. The molecule has 1 aromatic carbocycles. The third-order valence-corrected chi connectivity index (χ3v) is 5.53. The molecular formula is C19H22FN3O2S. The van der Waals surface area contributed by atoms with E-state index in [-0.39, 0.29) is 11.4 Å². The number of hydrogen-bond donors (Lipinski definition) is 1. The summed E-state index contributed by atoms with van der Waals surface area (Å²) in [6, 6.07) is 8.87. The van der Waals surface area contributed by atoms with Gasteiger partial charge < -0.3 is 4.57 Å². The lowest BCUT2D eigenvalue weighted by Crippen LogP contribution is -2.26. The Balaban J connectivity index is 1.76. The van der Waals surface area contributed by atoms with Gasteiger partial charge in [0.1, 0.15) is 11.5 Å². The Morgan fingerprint density at radius 3 is 2.77 bits per heavy atom. The maximum atomic E-state index is 13.3. The van der Waals surface area contributed by atoms with Gasteiger partial charge in [0.15, 0.2) is 0 Å². The van der Waals surface area contributed by atoms with Crippen LogP contribution in [0.3, 0.4) is 0 Å². The molecule has 3 rings (SSSR count). The minimum Gasteiger partial charge on any atom is -0.332 e. The van der Waals surface area contributed by atoms with E-state index in [9.17, 15) is 12.8 Å². The Bertz CT molecular complexity index is 1010. The summed E-state index contributed by atoms with van der Waals surface area (Å²) >= 11 is 0. The zero-order valence-corrected chi connectivity index (χ0v) is 15.6. The number of nitrogens with zero attached hydrogens (tertiary/aromatic N) is 2. The summed E-state index contributed by atoms with van der Waals surface area (Å²) in [6.45, 7) is 5.36. The summed E-state index contributed by atoms with van der Waals surface area (Å²) in [5.41, 5.74) is 1.94. The molecule has 7 heteroatoms. The van der Waals surface area contributed by atoms with Gasteiger partial charge in [-0.25, -0.2) is 22.5 Å². The van der Waals surface area contributed by atoms with E-state index in [1.807, 2.05) is 18.3 Å². The molecule has 138 valence electrons. The molecule has 0 saturated carbocycles. The van der Waals surface area contributed by atoms with Crippen LogP contribution in [-0.4, -0.2) is 24.5 Å². The molecule has 0 bridgehead atoms. The number of nitrogens with one attached hydrogen (secondary N) is 1. The van der Waals surface area contributed by atoms with Crippen LogP contribution in [0.25, 0.3) is 11.0 Å². The molecule has 0 aliphatic rings. The average molecular weight is 375 g/mol. The Hall–Kier alpha value is -2.25. The van der Waals surface area contributed by atoms with Gasteiger partial charge in [0.2, 0.25) is 10.0 Å². The van der Waals surface area contributed by atoms with E-state index in [2.05, 4.69) is 28.1 Å². The fourth-order valence-corrected chi connectivity index (χ4v) is 4.03. The molecule has 26 heavy (non-hydrogen) atoms. The van der Waals surface area contributed by atoms with Crippen molar-refractivity contribution < 1.29 is 12.8 Å². The second-order valence-corrected chi connectivity index (χ2v) is 8.45. The Kier molecular flexibility index (Phi) is 5.38. The average Bonchev–Trinajstić information content (AvgIpc) is 2.92. The Labute approximate surface area is 152 Å². The van der Waals surface area contributed by atoms with E-state index in [1.165, 1.54) is 18.2 Å². The molecule has 0 aliphatic carbocycles. The molecule has 0 radical (unpaired) electrons. The highest BCUT2D eigenvalue weighted by Crippen LogP contribution is 2.21. The number of pyridine rings is 1. The highest BCUT2D eigenvalue weighted by molar-refractivity contribution is 7.89. The molecule has 0 fully saturated rings. The van der Waals surface area contributed by atoms with Crippen LogP contribution in [0.2, 0.25) is 0 Å². The van der Waals surface area contributed by atoms with Crippen LogP contribution in [0.1, 0.15) is 19.4 Å². The van der Waals surface area contributed by atoms with Crippen LogP contribution in [0.4, 0.5) is 4.39 Å². The summed E-state index contributed by atoms with van der Waals surface area (Å²) in [6.07, 6.45) is 4.32. The number of halogens is 1. The van der Waals surface area contributed by atoms with Crippen molar-refractivity contribution in [1.82, 2.24) is 14.3 Å². The second-order valence-electron chi connectivity index (χ2n) is 6.68. The van der Waals surface area contributed by atoms with Crippen LogP contribution in [0.5, 0.6) is 0 Å². The van der Waals surface area contributed by atoms with E-state index in [0.717, 1.165) is 29.2 Å². The van der Waals surface area contributed by atoms with Crippen molar-refractivity contribution >= 4 is 21.1 Å². The number of aromatic nitrogens is 2. The van der Waals surface area contributed by atoms with Gasteiger partial charge in [-0.05, 0) is 48.2 Å². The molecule has 2 aromatic heterocycles. The molecule has 0 saturated heterocycles. The third kappa shape index (κ3) is 4.11. The SMILES string of the molecule is CC(C)Cn1cc(CCNS(=O)(=O)c2cccc(F)c2)c2cccnc21. The number of sulfonamides is 1. The van der Waals surface area contributed by atoms with Crippen LogP contribution in [0.15, 0.2) is 53.7 Å². The maximum absolute atomic E-state index is 13.3. The van der Waals surface area contributed by atoms with Crippen LogP contribution in [0, 0.1) is 11.7 Å². The van der Waals surface area contributed by atoms with Gasteiger partial charge in [0.25, 0.3) is 0 Å². The molecule has 0 atom stereocenters. The van der Waals surface area contributed by atoms with Crippen molar-refractivity contribution in [2.24, 2.45) is 5.92 Å². The topological polar surface area (TPSA) is 64.0 Å². The second kappa shape index (κ2) is 7.55. The molecule has 5 nitrogen and oxygen atoms in total. The van der Waals surface area contributed by atoms with E-state index in [0.29, 0.717) is 12.3 Å². The summed E-state index contributed by atoms with van der Waals surface area (Å²) in [5, 5.41) is 1.03. The Morgan fingerprint density at radius 1 is 1.23 bits per heavy atom. The third-order valence-electron chi connectivity index (χ3n) is 4.07. The van der Waals surface area contributed by atoms with Crippen molar-refractivity contribution in [3.05, 3.63) is 60.2 Å². The number of hydrogen-bond acceptors (Lipinski definition) is 3. The van der Waals surface area contributed by atoms with E-state index in [1.54, 1.807) is 6.20 Å². The zero-order chi connectivity index (χ0) is 18.7. The van der Waals surface area contributed by atoms with Gasteiger partial charge in [0, 0.05) is 30.9 Å². The molecule has 0 aliphatic heterocycles. The van der Waals surface area contributed by atoms with Gasteiger partial charge in [-0.1, -0.05) is 19.9 Å². The highest BCUT2D eigenvalue weighted by atomic mass is 32.2. The van der Waals surface area contributed by atoms with Gasteiger partial charge in [-0.3, -0.25) is 0 Å². The Morgan fingerprint density at radius 2 is 2.04 bits per heavy atom. The molecular weight excluding hydrogens is 353 g/mol. The quantitative estimate of drug-likeness (QED) is 0.689. The first-order valence-electron chi connectivity index (χ1n) is 8.55. The monoisotopic (exact) mass is 375 g/mol. The van der Waals surface area contributed by atoms with Crippen LogP contribution < -0.4 is 4.72 Å². The van der Waals surface area contributed by atoms with Crippen molar-refractivity contribution in [2.75, 3.05) is 6.54 Å². The molecule has 2 heterocycles. The lowest BCUT2D eigenvalue weighted by molar-refractivity contribution is 0.532. The highest BCUT2D eigenvalue weighted by Gasteiger charge is 2.15. The summed E-state index contributed by atoms with van der Waals surface area (Å²) < 4.78 is 42.5. The maximum Gasteiger partial charge on any atom is 0.240 e. The predicted octanol–water partition coefficient (Wildman–Crippen LogP) is 3.35. The smallest absolute Gasteiger partial charge is 0.240 e. The molecule has 1 N–H and O–H groups in total. The number of rotatable bonds is 7. The van der Waals surface area contributed by atoms with E-state index >= 15 is 0 Å². The fourth-order valence-electron chi connectivity index (χ4n) is 2.96. The van der Waals surface area contributed by atoms with Crippen molar-refractivity contribution in [2.45, 2.75) is 31.7 Å². The minimum absolute atomic E-state index is 0.0681. The molecule has 0 unspecified atom stereocenters. The largest absolute Gasteiger partial charge is 0.332 e. The van der Waals surface area contributed by atoms with Gasteiger partial charge in [-0.15, -0.1) is 0 Å². The first-order chi connectivity index (χ1) is 12.4. The summed E-state index contributed by atoms with van der Waals surface area (Å²) in [4.78, 5) is 4.38. The first kappa shape index (κ1) is 18.5. The van der Waals surface area contributed by atoms with Crippen LogP contribution in [-0.2, 0) is 23.0 Å². The zero-order valence-electron chi connectivity index (χ0n) is 14.8. The van der Waals surface area contributed by atoms with E-state index in [4.69, 9.17) is 0 Å². The van der Waals surface area contributed by atoms with Crippen LogP contribution >= 0.6 is 0 Å². The lowest BCUT2D eigenvalue weighted by Gasteiger charge is -2.07. The molecule has 0 spiro atoms. The van der Waals surface area contributed by atoms with E-state index < -0.39 is 15.8 Å². The normalized spacial score (nSPS) is 12.2. The predicted molar refractivity (Wildman–Crippen MR) is 99.9 cm³/mol. The summed E-state index contributed by atoms with van der Waals surface area (Å²) in [7, 11) is -3.73. The van der Waals surface area contributed by atoms with Crippen molar-refractivity contribution in [3.63, 3.8) is 0 Å². The van der Waals surface area contributed by atoms with Crippen molar-refractivity contribution in [1.29, 1.82) is 0 Å². The summed E-state index contributed by atoms with van der Waals surface area (Å²) in [5.74, 6) is -0.0948. The van der Waals surface area contributed by atoms with Crippen molar-refractivity contribution in [3.8, 4) is 0 Å². The van der Waals surface area contributed by atoms with Gasteiger partial charge >= 0.3 is 0 Å².